The molecule has 0 saturated carbocycles. The van der Waals surface area contributed by atoms with E-state index >= 15 is 0 Å². The Labute approximate surface area is 152 Å². The minimum absolute atomic E-state index is 0.0245. The lowest BCUT2D eigenvalue weighted by Gasteiger charge is -2.14. The number of benzene rings is 1. The van der Waals surface area contributed by atoms with Gasteiger partial charge in [0.15, 0.2) is 5.75 Å². The molecule has 2 rings (SSSR count). The summed E-state index contributed by atoms with van der Waals surface area (Å²) >= 11 is 0. The number of carboxylic acids is 1. The Bertz CT molecular complexity index is 900. The zero-order valence-corrected chi connectivity index (χ0v) is 14.5. The Hall–Kier alpha value is -2.82. The molecule has 0 saturated heterocycles. The molecule has 0 aliphatic rings. The lowest BCUT2D eigenvalue weighted by molar-refractivity contribution is -0.136. The minimum Gasteiger partial charge on any atom is -0.485 e. The Balaban J connectivity index is 2.29. The molecule has 0 unspecified atom stereocenters. The zero-order chi connectivity index (χ0) is 20.1. The topological polar surface area (TPSA) is 103 Å². The van der Waals surface area contributed by atoms with Crippen LogP contribution in [0.25, 0.3) is 0 Å². The van der Waals surface area contributed by atoms with Crippen molar-refractivity contribution in [3.05, 3.63) is 53.9 Å². The van der Waals surface area contributed by atoms with Gasteiger partial charge in [-0.3, -0.25) is 9.78 Å². The Morgan fingerprint density at radius 3 is 2.41 bits per heavy atom. The molecule has 0 radical (unpaired) electrons. The number of halogens is 3. The van der Waals surface area contributed by atoms with Gasteiger partial charge in [-0.15, -0.1) is 0 Å². The van der Waals surface area contributed by atoms with Crippen LogP contribution < -0.4 is 8.92 Å². The highest BCUT2D eigenvalue weighted by molar-refractivity contribution is 7.88. The van der Waals surface area contributed by atoms with E-state index in [1.807, 2.05) is 0 Å². The van der Waals surface area contributed by atoms with Gasteiger partial charge < -0.3 is 14.0 Å². The van der Waals surface area contributed by atoms with Gasteiger partial charge in [-0.25, -0.2) is 0 Å². The second-order valence-corrected chi connectivity index (χ2v) is 6.81. The number of nitrogens with zero attached hydrogens (tertiary/aromatic N) is 1. The van der Waals surface area contributed by atoms with Gasteiger partial charge in [-0.2, -0.15) is 21.6 Å². The van der Waals surface area contributed by atoms with Gasteiger partial charge in [0.25, 0.3) is 0 Å². The number of aliphatic carboxylic acids is 1. The van der Waals surface area contributed by atoms with Gasteiger partial charge in [-0.1, -0.05) is 30.3 Å². The molecule has 0 spiro atoms. The van der Waals surface area contributed by atoms with Gasteiger partial charge in [-0.05, 0) is 5.56 Å². The van der Waals surface area contributed by atoms with Gasteiger partial charge >= 0.3 is 21.6 Å². The van der Waals surface area contributed by atoms with E-state index in [1.54, 1.807) is 30.3 Å². The summed E-state index contributed by atoms with van der Waals surface area (Å²) in [7, 11) is -5.91. The maximum absolute atomic E-state index is 12.6. The highest BCUT2D eigenvalue weighted by Gasteiger charge is 2.49. The summed E-state index contributed by atoms with van der Waals surface area (Å²) in [6.07, 6.45) is 0.455. The van der Waals surface area contributed by atoms with Crippen LogP contribution in [0.1, 0.15) is 17.7 Å². The normalized spacial score (nSPS) is 11.8. The number of ether oxygens (including phenoxy) is 1. The van der Waals surface area contributed by atoms with Gasteiger partial charge in [0, 0.05) is 18.2 Å². The summed E-state index contributed by atoms with van der Waals surface area (Å²) in [5, 5.41) is 8.71. The molecule has 0 amide bonds. The molecule has 146 valence electrons. The van der Waals surface area contributed by atoms with E-state index in [1.165, 1.54) is 0 Å². The molecule has 27 heavy (non-hydrogen) atoms. The van der Waals surface area contributed by atoms with Crippen LogP contribution in [-0.4, -0.2) is 30.0 Å². The molecule has 2 aromatic rings. The average Bonchev–Trinajstić information content (AvgIpc) is 2.59. The monoisotopic (exact) mass is 405 g/mol. The lowest BCUT2D eigenvalue weighted by Crippen LogP contribution is -2.28. The van der Waals surface area contributed by atoms with Crippen molar-refractivity contribution >= 4 is 16.1 Å². The van der Waals surface area contributed by atoms with E-state index in [2.05, 4.69) is 9.17 Å². The van der Waals surface area contributed by atoms with Crippen molar-refractivity contribution in [2.75, 3.05) is 0 Å². The van der Waals surface area contributed by atoms with Crippen LogP contribution in [0.15, 0.2) is 42.6 Å². The van der Waals surface area contributed by atoms with Crippen LogP contribution in [0.2, 0.25) is 0 Å². The smallest absolute Gasteiger partial charge is 0.485 e. The molecule has 1 heterocycles. The third-order valence-electron chi connectivity index (χ3n) is 3.20. The van der Waals surface area contributed by atoms with Crippen molar-refractivity contribution in [2.45, 2.75) is 25.0 Å². The first-order valence-electron chi connectivity index (χ1n) is 7.46. The number of hydrogen-bond donors (Lipinski definition) is 1. The quantitative estimate of drug-likeness (QED) is 0.532. The number of pyridine rings is 1. The number of alkyl halides is 3. The van der Waals surface area contributed by atoms with E-state index in [4.69, 9.17) is 9.84 Å². The molecule has 1 N–H and O–H groups in total. The van der Waals surface area contributed by atoms with Gasteiger partial charge in [0.2, 0.25) is 5.75 Å². The second-order valence-electron chi connectivity index (χ2n) is 5.27. The maximum atomic E-state index is 12.6. The van der Waals surface area contributed by atoms with E-state index < -0.39 is 27.3 Å². The summed E-state index contributed by atoms with van der Waals surface area (Å²) < 4.78 is 69.6. The van der Waals surface area contributed by atoms with Gasteiger partial charge in [0.05, 0.1) is 12.6 Å². The van der Waals surface area contributed by atoms with Crippen molar-refractivity contribution in [3.63, 3.8) is 0 Å². The maximum Gasteiger partial charge on any atom is 0.534 e. The van der Waals surface area contributed by atoms with Crippen LogP contribution >= 0.6 is 0 Å². The van der Waals surface area contributed by atoms with Crippen LogP contribution in [0.4, 0.5) is 13.2 Å². The fourth-order valence-electron chi connectivity index (χ4n) is 1.91. The number of carboxylic acid groups (broad SMARTS) is 1. The minimum atomic E-state index is -5.91. The zero-order valence-electron chi connectivity index (χ0n) is 13.6. The number of hydrogen-bond acceptors (Lipinski definition) is 6. The first kappa shape index (κ1) is 20.5. The summed E-state index contributed by atoms with van der Waals surface area (Å²) in [5.41, 5.74) is -4.76. The predicted molar refractivity (Wildman–Crippen MR) is 86.6 cm³/mol. The molecule has 0 aliphatic carbocycles. The van der Waals surface area contributed by atoms with Crippen molar-refractivity contribution in [2.24, 2.45) is 0 Å². The Morgan fingerprint density at radius 1 is 1.15 bits per heavy atom. The summed E-state index contributed by atoms with van der Waals surface area (Å²) in [5.74, 6) is -2.15. The number of carbonyl (C=O) groups is 1. The molecular weight excluding hydrogens is 391 g/mol. The third kappa shape index (κ3) is 5.84. The Kier molecular flexibility index (Phi) is 6.26. The number of aromatic nitrogens is 1. The van der Waals surface area contributed by atoms with Crippen molar-refractivity contribution in [1.29, 1.82) is 0 Å². The Morgan fingerprint density at radius 2 is 1.81 bits per heavy atom. The average molecular weight is 405 g/mol. The fourth-order valence-corrected chi connectivity index (χ4v) is 2.37. The molecular formula is C16H14F3NO6S. The number of aryl methyl sites for hydroxylation is 1. The van der Waals surface area contributed by atoms with Gasteiger partial charge in [0.1, 0.15) is 6.61 Å². The van der Waals surface area contributed by atoms with Crippen molar-refractivity contribution in [3.8, 4) is 11.5 Å². The molecule has 0 atom stereocenters. The highest BCUT2D eigenvalue weighted by atomic mass is 32.2. The first-order valence-corrected chi connectivity index (χ1v) is 8.87. The van der Waals surface area contributed by atoms with Crippen LogP contribution in [0, 0.1) is 0 Å². The molecule has 7 nitrogen and oxygen atoms in total. The predicted octanol–water partition coefficient (Wildman–Crippen LogP) is 2.91. The molecule has 1 aromatic carbocycles. The van der Waals surface area contributed by atoms with Crippen LogP contribution in [-0.2, 0) is 27.9 Å². The van der Waals surface area contributed by atoms with Crippen LogP contribution in [0.5, 0.6) is 11.5 Å². The summed E-state index contributed by atoms with van der Waals surface area (Å²) in [4.78, 5) is 14.4. The molecule has 0 aliphatic heterocycles. The third-order valence-corrected chi connectivity index (χ3v) is 4.17. The van der Waals surface area contributed by atoms with Crippen molar-refractivity contribution in [1.82, 2.24) is 4.98 Å². The molecule has 1 aromatic heterocycles. The number of rotatable bonds is 8. The SMILES string of the molecule is O=C(O)CCc1cc(OCc2ccccc2)c(OS(=O)(=O)C(F)(F)F)cn1. The van der Waals surface area contributed by atoms with E-state index in [0.29, 0.717) is 5.56 Å². The molecule has 0 bridgehead atoms. The summed E-state index contributed by atoms with van der Waals surface area (Å²) in [6.45, 7) is -0.0777. The first-order chi connectivity index (χ1) is 12.6. The summed E-state index contributed by atoms with van der Waals surface area (Å²) in [6, 6.07) is 9.72. The molecule has 11 heteroatoms. The lowest BCUT2D eigenvalue weighted by atomic mass is 10.2. The fraction of sp³-hybridized carbons (Fsp3) is 0.250. The van der Waals surface area contributed by atoms with E-state index in [9.17, 15) is 26.4 Å². The van der Waals surface area contributed by atoms with Crippen molar-refractivity contribution < 1.29 is 40.4 Å². The second kappa shape index (κ2) is 8.25. The largest absolute Gasteiger partial charge is 0.534 e. The van der Waals surface area contributed by atoms with Crippen LogP contribution in [0.3, 0.4) is 0 Å². The van der Waals surface area contributed by atoms with E-state index in [-0.39, 0.29) is 30.9 Å². The van der Waals surface area contributed by atoms with E-state index in [0.717, 1.165) is 12.3 Å². The highest BCUT2D eigenvalue weighted by Crippen LogP contribution is 2.33. The molecule has 0 fully saturated rings. The standard InChI is InChI=1S/C16H14F3NO6S/c17-16(18,19)27(23,24)26-14-9-20-12(6-7-15(21)22)8-13(14)25-10-11-4-2-1-3-5-11/h1-5,8-9H,6-7,10H2,(H,21,22).